The van der Waals surface area contributed by atoms with Gasteiger partial charge in [0.25, 0.3) is 17.2 Å². The van der Waals surface area contributed by atoms with Crippen LogP contribution in [0.15, 0.2) is 35.1 Å². The van der Waals surface area contributed by atoms with Gasteiger partial charge in [0.15, 0.2) is 0 Å². The third-order valence-electron chi connectivity index (χ3n) is 4.85. The molecule has 1 aromatic carbocycles. The minimum absolute atomic E-state index is 0.0538. The highest BCUT2D eigenvalue weighted by Gasteiger charge is 2.27. The van der Waals surface area contributed by atoms with Crippen LogP contribution in [0.3, 0.4) is 0 Å². The van der Waals surface area contributed by atoms with Gasteiger partial charge in [-0.25, -0.2) is 4.68 Å². The quantitative estimate of drug-likeness (QED) is 0.526. The zero-order chi connectivity index (χ0) is 21.0. The molecule has 2 aromatic rings. The van der Waals surface area contributed by atoms with Crippen molar-refractivity contribution in [1.29, 1.82) is 0 Å². The Bertz CT molecular complexity index is 969. The molecule has 0 radical (unpaired) electrons. The molecule has 3 rings (SSSR count). The van der Waals surface area contributed by atoms with E-state index < -0.39 is 4.92 Å². The van der Waals surface area contributed by atoms with E-state index in [0.29, 0.717) is 43.4 Å². The van der Waals surface area contributed by atoms with Crippen molar-refractivity contribution in [2.45, 2.75) is 26.3 Å². The lowest BCUT2D eigenvalue weighted by molar-refractivity contribution is -0.384. The molecule has 0 spiro atoms. The van der Waals surface area contributed by atoms with Gasteiger partial charge in [-0.1, -0.05) is 24.9 Å². The number of hydrogen-bond acceptors (Lipinski definition) is 6. The number of hydrogen-bond donors (Lipinski definition) is 0. The number of aryl methyl sites for hydroxylation is 1. The fourth-order valence-corrected chi connectivity index (χ4v) is 3.42. The van der Waals surface area contributed by atoms with E-state index in [0.717, 1.165) is 12.8 Å². The second kappa shape index (κ2) is 9.04. The minimum atomic E-state index is -0.456. The lowest BCUT2D eigenvalue weighted by Gasteiger charge is -2.35. The molecule has 9 nitrogen and oxygen atoms in total. The van der Waals surface area contributed by atoms with Crippen LogP contribution in [0.1, 0.15) is 30.3 Å². The van der Waals surface area contributed by atoms with Crippen molar-refractivity contribution in [3.05, 3.63) is 61.5 Å². The lowest BCUT2D eigenvalue weighted by Crippen LogP contribution is -2.49. The largest absolute Gasteiger partial charge is 0.362 e. The first kappa shape index (κ1) is 20.8. The topological polar surface area (TPSA) is 102 Å². The number of carbonyl (C=O) groups excluding carboxylic acids is 1. The number of amides is 1. The monoisotopic (exact) mass is 419 g/mol. The number of piperazine rings is 1. The van der Waals surface area contributed by atoms with Crippen LogP contribution in [0.4, 0.5) is 11.4 Å². The van der Waals surface area contributed by atoms with Crippen LogP contribution in [0.2, 0.25) is 5.02 Å². The Morgan fingerprint density at radius 2 is 1.93 bits per heavy atom. The second-order valence-electron chi connectivity index (χ2n) is 6.80. The third-order valence-corrected chi connectivity index (χ3v) is 5.09. The van der Waals surface area contributed by atoms with Gasteiger partial charge in [-0.2, -0.15) is 5.10 Å². The Hall–Kier alpha value is -2.94. The van der Waals surface area contributed by atoms with Gasteiger partial charge in [0.2, 0.25) is 0 Å². The Morgan fingerprint density at radius 3 is 2.59 bits per heavy atom. The summed E-state index contributed by atoms with van der Waals surface area (Å²) in [5.74, 6) is -0.250. The molecule has 10 heteroatoms. The molecule has 0 N–H and O–H groups in total. The van der Waals surface area contributed by atoms with E-state index in [2.05, 4.69) is 5.10 Å². The highest BCUT2D eigenvalue weighted by atomic mass is 35.5. The lowest BCUT2D eigenvalue weighted by atomic mass is 10.2. The summed E-state index contributed by atoms with van der Waals surface area (Å²) in [6, 6.07) is 7.39. The molecule has 1 fully saturated rings. The Kier molecular flexibility index (Phi) is 6.48. The summed E-state index contributed by atoms with van der Waals surface area (Å²) in [6.45, 7) is 4.19. The number of aromatic nitrogens is 2. The van der Waals surface area contributed by atoms with Gasteiger partial charge in [-0.15, -0.1) is 0 Å². The number of unbranched alkanes of at least 4 members (excludes halogenated alkanes) is 1. The summed E-state index contributed by atoms with van der Waals surface area (Å²) >= 11 is 5.88. The van der Waals surface area contributed by atoms with Crippen molar-refractivity contribution in [1.82, 2.24) is 14.7 Å². The molecule has 29 heavy (non-hydrogen) atoms. The summed E-state index contributed by atoms with van der Waals surface area (Å²) in [7, 11) is 0. The minimum Gasteiger partial charge on any atom is -0.362 e. The van der Waals surface area contributed by atoms with Gasteiger partial charge in [-0.05, 0) is 24.6 Å². The van der Waals surface area contributed by atoms with Crippen LogP contribution in [0.25, 0.3) is 0 Å². The van der Waals surface area contributed by atoms with Gasteiger partial charge < -0.3 is 9.80 Å². The standard InChI is InChI=1S/C19H22ClN5O4/c1-2-3-8-24-18(26)7-5-15(21-24)19(27)23-11-9-22(10-12-23)16-6-4-14(20)13-17(16)25(28)29/h4-7,13H,2-3,8-12H2,1H3. The van der Waals surface area contributed by atoms with Gasteiger partial charge in [0.1, 0.15) is 11.4 Å². The van der Waals surface area contributed by atoms with Crippen molar-refractivity contribution in [3.8, 4) is 0 Å². The zero-order valence-electron chi connectivity index (χ0n) is 16.1. The van der Waals surface area contributed by atoms with E-state index in [-0.39, 0.29) is 22.8 Å². The van der Waals surface area contributed by atoms with Gasteiger partial charge in [0.05, 0.1) is 4.92 Å². The fourth-order valence-electron chi connectivity index (χ4n) is 3.25. The predicted octanol–water partition coefficient (Wildman–Crippen LogP) is 2.57. The van der Waals surface area contributed by atoms with Crippen molar-refractivity contribution in [2.24, 2.45) is 0 Å². The summed E-state index contributed by atoms with van der Waals surface area (Å²) in [6.07, 6.45) is 1.73. The van der Waals surface area contributed by atoms with E-state index >= 15 is 0 Å². The van der Waals surface area contributed by atoms with Crippen molar-refractivity contribution in [2.75, 3.05) is 31.1 Å². The molecule has 0 atom stereocenters. The number of nitro groups is 1. The molecule has 0 unspecified atom stereocenters. The van der Waals surface area contributed by atoms with E-state index in [4.69, 9.17) is 11.6 Å². The first-order valence-electron chi connectivity index (χ1n) is 9.47. The zero-order valence-corrected chi connectivity index (χ0v) is 16.8. The van der Waals surface area contributed by atoms with Gasteiger partial charge in [0, 0.05) is 49.9 Å². The van der Waals surface area contributed by atoms with E-state index in [1.807, 2.05) is 11.8 Å². The molecule has 1 aliphatic heterocycles. The van der Waals surface area contributed by atoms with Gasteiger partial charge in [-0.3, -0.25) is 19.7 Å². The fraction of sp³-hybridized carbons (Fsp3) is 0.421. The molecule has 0 saturated carbocycles. The van der Waals surface area contributed by atoms with Crippen LogP contribution in [-0.2, 0) is 6.54 Å². The molecule has 154 valence electrons. The molecule has 1 saturated heterocycles. The number of nitrogens with zero attached hydrogens (tertiary/aromatic N) is 5. The number of benzene rings is 1. The summed E-state index contributed by atoms with van der Waals surface area (Å²) in [5, 5.41) is 15.8. The first-order valence-corrected chi connectivity index (χ1v) is 9.85. The average Bonchev–Trinajstić information content (AvgIpc) is 2.72. The van der Waals surface area contributed by atoms with Crippen LogP contribution >= 0.6 is 11.6 Å². The number of rotatable bonds is 6. The van der Waals surface area contributed by atoms with Crippen molar-refractivity contribution >= 4 is 28.9 Å². The number of halogens is 1. The molecular formula is C19H22ClN5O4. The normalized spacial score (nSPS) is 14.1. The van der Waals surface area contributed by atoms with E-state index in [9.17, 15) is 19.7 Å². The predicted molar refractivity (Wildman–Crippen MR) is 110 cm³/mol. The summed E-state index contributed by atoms with van der Waals surface area (Å²) in [4.78, 5) is 39.1. The van der Waals surface area contributed by atoms with Gasteiger partial charge >= 0.3 is 0 Å². The maximum atomic E-state index is 12.8. The number of nitro benzene ring substituents is 1. The third kappa shape index (κ3) is 4.73. The van der Waals surface area contributed by atoms with Crippen LogP contribution in [0, 0.1) is 10.1 Å². The Labute approximate surface area is 172 Å². The van der Waals surface area contributed by atoms with Crippen molar-refractivity contribution < 1.29 is 9.72 Å². The van der Waals surface area contributed by atoms with Crippen LogP contribution in [0.5, 0.6) is 0 Å². The molecule has 0 aliphatic carbocycles. The Morgan fingerprint density at radius 1 is 1.21 bits per heavy atom. The maximum absolute atomic E-state index is 12.8. The molecule has 1 amide bonds. The van der Waals surface area contributed by atoms with Crippen LogP contribution in [-0.4, -0.2) is 51.7 Å². The average molecular weight is 420 g/mol. The van der Waals surface area contributed by atoms with E-state index in [1.54, 1.807) is 17.0 Å². The molecular weight excluding hydrogens is 398 g/mol. The molecule has 2 heterocycles. The smallest absolute Gasteiger partial charge is 0.294 e. The van der Waals surface area contributed by atoms with Crippen LogP contribution < -0.4 is 10.5 Å². The molecule has 1 aromatic heterocycles. The summed E-state index contributed by atoms with van der Waals surface area (Å²) < 4.78 is 1.32. The molecule has 1 aliphatic rings. The second-order valence-corrected chi connectivity index (χ2v) is 7.24. The highest BCUT2D eigenvalue weighted by Crippen LogP contribution is 2.31. The SMILES string of the molecule is CCCCn1nc(C(=O)N2CCN(c3ccc(Cl)cc3[N+](=O)[O-])CC2)ccc1=O. The Balaban J connectivity index is 1.71. The first-order chi connectivity index (χ1) is 13.9. The van der Waals surface area contributed by atoms with E-state index in [1.165, 1.54) is 22.9 Å². The van der Waals surface area contributed by atoms with Crippen molar-refractivity contribution in [3.63, 3.8) is 0 Å². The number of anilines is 1. The summed E-state index contributed by atoms with van der Waals surface area (Å²) in [5.41, 5.74) is 0.432. The maximum Gasteiger partial charge on any atom is 0.294 e. The molecule has 0 bridgehead atoms. The highest BCUT2D eigenvalue weighted by molar-refractivity contribution is 6.30. The number of carbonyl (C=O) groups is 1.